The summed E-state index contributed by atoms with van der Waals surface area (Å²) in [6, 6.07) is 4.79. The number of nitrogens with zero attached hydrogens (tertiary/aromatic N) is 1. The second-order valence-electron chi connectivity index (χ2n) is 3.33. The van der Waals surface area contributed by atoms with Gasteiger partial charge in [0.05, 0.1) is 10.7 Å². The Morgan fingerprint density at radius 3 is 2.56 bits per heavy atom. The summed E-state index contributed by atoms with van der Waals surface area (Å²) in [4.78, 5) is 10.3. The van der Waals surface area contributed by atoms with Gasteiger partial charge in [-0.05, 0) is 13.3 Å². The van der Waals surface area contributed by atoms with Crippen molar-refractivity contribution in [1.82, 2.24) is 0 Å². The summed E-state index contributed by atoms with van der Waals surface area (Å²) in [7, 11) is 1.43. The molecule has 0 aliphatic carbocycles. The molecule has 0 spiro atoms. The molecular formula is C9H10ClNO4S. The molecule has 0 aromatic heterocycles. The highest BCUT2D eigenvalue weighted by Crippen LogP contribution is 2.23. The van der Waals surface area contributed by atoms with E-state index in [0.717, 1.165) is 0 Å². The monoisotopic (exact) mass is 263 g/mol. The zero-order valence-corrected chi connectivity index (χ0v) is 10.1. The van der Waals surface area contributed by atoms with Gasteiger partial charge < -0.3 is 0 Å². The number of para-hydroxylation sites is 1. The number of hydrogen-bond donors (Lipinski definition) is 0. The fourth-order valence-electron chi connectivity index (χ4n) is 1.41. The van der Waals surface area contributed by atoms with Gasteiger partial charge in [-0.1, -0.05) is 18.2 Å². The van der Waals surface area contributed by atoms with Crippen LogP contribution in [0.15, 0.2) is 18.2 Å². The van der Waals surface area contributed by atoms with Gasteiger partial charge in [-0.25, -0.2) is 8.42 Å². The van der Waals surface area contributed by atoms with E-state index in [0.29, 0.717) is 11.1 Å². The van der Waals surface area contributed by atoms with Crippen LogP contribution >= 0.6 is 10.7 Å². The Hall–Kier alpha value is -1.14. The van der Waals surface area contributed by atoms with Gasteiger partial charge in [0, 0.05) is 21.8 Å². The molecule has 0 saturated carbocycles. The van der Waals surface area contributed by atoms with E-state index in [1.54, 1.807) is 19.1 Å². The molecule has 0 radical (unpaired) electrons. The van der Waals surface area contributed by atoms with Gasteiger partial charge in [-0.2, -0.15) is 0 Å². The number of halogens is 1. The third-order valence-electron chi connectivity index (χ3n) is 2.12. The van der Waals surface area contributed by atoms with Crippen molar-refractivity contribution in [2.24, 2.45) is 0 Å². The van der Waals surface area contributed by atoms with Gasteiger partial charge in [-0.15, -0.1) is 0 Å². The molecule has 7 heteroatoms. The molecule has 0 heterocycles. The molecule has 0 N–H and O–H groups in total. The van der Waals surface area contributed by atoms with Crippen molar-refractivity contribution in [3.63, 3.8) is 0 Å². The molecule has 0 aliphatic heterocycles. The summed E-state index contributed by atoms with van der Waals surface area (Å²) in [6.07, 6.45) is 0.0455. The number of nitro benzene ring substituents is 1. The lowest BCUT2D eigenvalue weighted by Crippen LogP contribution is -2.04. The maximum absolute atomic E-state index is 10.8. The average molecular weight is 264 g/mol. The fourth-order valence-corrected chi connectivity index (χ4v) is 2.11. The number of rotatable bonds is 4. The molecule has 1 aromatic rings. The van der Waals surface area contributed by atoms with E-state index in [1.807, 2.05) is 0 Å². The lowest BCUT2D eigenvalue weighted by molar-refractivity contribution is -0.386. The van der Waals surface area contributed by atoms with Crippen LogP contribution in [0.5, 0.6) is 0 Å². The van der Waals surface area contributed by atoms with Crippen LogP contribution in [0.4, 0.5) is 5.69 Å². The molecule has 0 bridgehead atoms. The Labute approximate surface area is 97.6 Å². The molecule has 0 saturated heterocycles. The van der Waals surface area contributed by atoms with Crippen LogP contribution in [-0.4, -0.2) is 19.1 Å². The zero-order valence-electron chi connectivity index (χ0n) is 8.51. The first-order chi connectivity index (χ1) is 7.31. The van der Waals surface area contributed by atoms with E-state index < -0.39 is 14.0 Å². The second-order valence-corrected chi connectivity index (χ2v) is 6.23. The summed E-state index contributed by atoms with van der Waals surface area (Å²) in [5.41, 5.74) is 0.853. The Morgan fingerprint density at radius 2 is 2.06 bits per heavy atom. The summed E-state index contributed by atoms with van der Waals surface area (Å²) in [6.45, 7) is 1.61. The molecule has 0 aliphatic rings. The molecule has 0 amide bonds. The number of hydrogen-bond acceptors (Lipinski definition) is 4. The topological polar surface area (TPSA) is 77.3 Å². The SMILES string of the molecule is Cc1cccc(CCS(=O)(=O)Cl)c1[N+](=O)[O-]. The fraction of sp³-hybridized carbons (Fsp3) is 0.333. The minimum Gasteiger partial charge on any atom is -0.258 e. The first kappa shape index (κ1) is 12.9. The second kappa shape index (κ2) is 4.80. The molecular weight excluding hydrogens is 254 g/mol. The van der Waals surface area contributed by atoms with Crippen LogP contribution in [0.1, 0.15) is 11.1 Å². The molecule has 1 aromatic carbocycles. The summed E-state index contributed by atoms with van der Waals surface area (Å²) in [5, 5.41) is 10.8. The predicted molar refractivity (Wildman–Crippen MR) is 61.2 cm³/mol. The number of benzene rings is 1. The van der Waals surface area contributed by atoms with Crippen molar-refractivity contribution >= 4 is 25.4 Å². The summed E-state index contributed by atoms with van der Waals surface area (Å²) >= 11 is 0. The van der Waals surface area contributed by atoms with Crippen LogP contribution < -0.4 is 0 Å². The van der Waals surface area contributed by atoms with E-state index >= 15 is 0 Å². The lowest BCUT2D eigenvalue weighted by Gasteiger charge is -2.03. The number of nitro groups is 1. The van der Waals surface area contributed by atoms with Crippen molar-refractivity contribution in [2.75, 3.05) is 5.75 Å². The standard InChI is InChI=1S/C9H10ClNO4S/c1-7-3-2-4-8(9(7)11(12)13)5-6-16(10,14)15/h2-4H,5-6H2,1H3. The largest absolute Gasteiger partial charge is 0.275 e. The summed E-state index contributed by atoms with van der Waals surface area (Å²) < 4.78 is 21.5. The van der Waals surface area contributed by atoms with Crippen LogP contribution in [0.2, 0.25) is 0 Å². The highest BCUT2D eigenvalue weighted by atomic mass is 35.7. The quantitative estimate of drug-likeness (QED) is 0.473. The Balaban J connectivity index is 3.05. The van der Waals surface area contributed by atoms with Crippen molar-refractivity contribution < 1.29 is 13.3 Å². The van der Waals surface area contributed by atoms with Crippen molar-refractivity contribution in [3.05, 3.63) is 39.4 Å². The molecule has 0 atom stereocenters. The highest BCUT2D eigenvalue weighted by molar-refractivity contribution is 8.13. The van der Waals surface area contributed by atoms with Gasteiger partial charge in [0.1, 0.15) is 0 Å². The summed E-state index contributed by atoms with van der Waals surface area (Å²) in [5.74, 6) is -0.307. The first-order valence-electron chi connectivity index (χ1n) is 4.46. The van der Waals surface area contributed by atoms with E-state index in [2.05, 4.69) is 0 Å². The first-order valence-corrected chi connectivity index (χ1v) is 6.94. The Bertz CT molecular complexity index is 512. The average Bonchev–Trinajstić information content (AvgIpc) is 2.12. The zero-order chi connectivity index (χ0) is 12.3. The van der Waals surface area contributed by atoms with Crippen molar-refractivity contribution in [2.45, 2.75) is 13.3 Å². The predicted octanol–water partition coefficient (Wildman–Crippen LogP) is 2.01. The van der Waals surface area contributed by atoms with Crippen LogP contribution in [0.3, 0.4) is 0 Å². The number of aryl methyl sites for hydroxylation is 2. The van der Waals surface area contributed by atoms with Crippen LogP contribution in [0.25, 0.3) is 0 Å². The van der Waals surface area contributed by atoms with Crippen LogP contribution in [-0.2, 0) is 15.5 Å². The van der Waals surface area contributed by atoms with Gasteiger partial charge >= 0.3 is 0 Å². The maximum atomic E-state index is 10.8. The van der Waals surface area contributed by atoms with E-state index in [-0.39, 0.29) is 17.9 Å². The minimum absolute atomic E-state index is 0.0391. The third-order valence-corrected chi connectivity index (χ3v) is 3.27. The van der Waals surface area contributed by atoms with Crippen molar-refractivity contribution in [3.8, 4) is 0 Å². The lowest BCUT2D eigenvalue weighted by atomic mass is 10.1. The van der Waals surface area contributed by atoms with E-state index in [9.17, 15) is 18.5 Å². The van der Waals surface area contributed by atoms with Crippen molar-refractivity contribution in [1.29, 1.82) is 0 Å². The molecule has 88 valence electrons. The van der Waals surface area contributed by atoms with Gasteiger partial charge in [0.15, 0.2) is 0 Å². The minimum atomic E-state index is -3.63. The molecule has 0 fully saturated rings. The van der Waals surface area contributed by atoms with Gasteiger partial charge in [-0.3, -0.25) is 10.1 Å². The van der Waals surface area contributed by atoms with E-state index in [1.165, 1.54) is 6.07 Å². The van der Waals surface area contributed by atoms with Gasteiger partial charge in [0.2, 0.25) is 9.05 Å². The smallest absolute Gasteiger partial charge is 0.258 e. The van der Waals surface area contributed by atoms with Gasteiger partial charge in [0.25, 0.3) is 5.69 Å². The van der Waals surface area contributed by atoms with E-state index in [4.69, 9.17) is 10.7 Å². The molecule has 5 nitrogen and oxygen atoms in total. The van der Waals surface area contributed by atoms with Crippen LogP contribution in [0, 0.1) is 17.0 Å². The maximum Gasteiger partial charge on any atom is 0.275 e. The third kappa shape index (κ3) is 3.46. The Kier molecular flexibility index (Phi) is 3.88. The molecule has 1 rings (SSSR count). The Morgan fingerprint density at radius 1 is 1.44 bits per heavy atom. The molecule has 0 unspecified atom stereocenters. The highest BCUT2D eigenvalue weighted by Gasteiger charge is 2.18. The normalized spacial score (nSPS) is 11.4. The molecule has 16 heavy (non-hydrogen) atoms.